The standard InChI is InChI=1S/C31H45N3/c1-10-13-28(14-11-2)24(7)18-23(6)25(8)31(32)34-26(9)30(20-33-34)27(12-3)19-29-17-21(4)15-16-22(29)5/h12,15-17,19-20,24,28H,3,6,10-11,13-14,18,32H2,1-2,4-5,7-9H3/b27-19+,31-25-. The third-order valence-corrected chi connectivity index (χ3v) is 7.12. The van der Waals surface area contributed by atoms with E-state index in [-0.39, 0.29) is 0 Å². The molecule has 34 heavy (non-hydrogen) atoms. The minimum Gasteiger partial charge on any atom is -0.383 e. The molecule has 2 aromatic rings. The number of benzene rings is 1. The van der Waals surface area contributed by atoms with Gasteiger partial charge < -0.3 is 5.73 Å². The molecule has 0 amide bonds. The fourth-order valence-electron chi connectivity index (χ4n) is 4.77. The topological polar surface area (TPSA) is 43.8 Å². The number of aromatic nitrogens is 2. The summed E-state index contributed by atoms with van der Waals surface area (Å²) in [6.07, 6.45) is 11.9. The highest BCUT2D eigenvalue weighted by atomic mass is 15.3. The Bertz CT molecular complexity index is 1060. The number of hydrogen-bond donors (Lipinski definition) is 1. The number of aryl methyl sites for hydroxylation is 2. The Kier molecular flexibility index (Phi) is 10.2. The van der Waals surface area contributed by atoms with Crippen molar-refractivity contribution in [2.24, 2.45) is 17.6 Å². The van der Waals surface area contributed by atoms with Gasteiger partial charge in [-0.1, -0.05) is 89.5 Å². The largest absolute Gasteiger partial charge is 0.383 e. The van der Waals surface area contributed by atoms with E-state index in [1.165, 1.54) is 42.4 Å². The van der Waals surface area contributed by atoms with Gasteiger partial charge in [-0.15, -0.1) is 0 Å². The normalized spacial score (nSPS) is 13.7. The molecule has 0 spiro atoms. The first-order valence-electron chi connectivity index (χ1n) is 12.8. The lowest BCUT2D eigenvalue weighted by Crippen LogP contribution is -2.16. The van der Waals surface area contributed by atoms with Crippen LogP contribution in [0.25, 0.3) is 17.5 Å². The summed E-state index contributed by atoms with van der Waals surface area (Å²) in [6, 6.07) is 6.49. The van der Waals surface area contributed by atoms with Crippen LogP contribution in [0.3, 0.4) is 0 Å². The molecule has 0 saturated heterocycles. The van der Waals surface area contributed by atoms with Gasteiger partial charge in [-0.3, -0.25) is 0 Å². The molecule has 2 rings (SSSR count). The smallest absolute Gasteiger partial charge is 0.128 e. The third-order valence-electron chi connectivity index (χ3n) is 7.12. The summed E-state index contributed by atoms with van der Waals surface area (Å²) in [5.41, 5.74) is 15.5. The first kappa shape index (κ1) is 27.4. The monoisotopic (exact) mass is 459 g/mol. The average molecular weight is 460 g/mol. The molecule has 1 atom stereocenters. The van der Waals surface area contributed by atoms with Crippen LogP contribution < -0.4 is 5.73 Å². The molecule has 1 unspecified atom stereocenters. The third kappa shape index (κ3) is 6.62. The van der Waals surface area contributed by atoms with Crippen molar-refractivity contribution in [2.75, 3.05) is 0 Å². The Balaban J connectivity index is 2.33. The van der Waals surface area contributed by atoms with Crippen LogP contribution in [0, 0.1) is 32.6 Å². The quantitative estimate of drug-likeness (QED) is 0.323. The van der Waals surface area contributed by atoms with Crippen molar-refractivity contribution in [1.29, 1.82) is 0 Å². The van der Waals surface area contributed by atoms with Crippen molar-refractivity contribution < 1.29 is 0 Å². The summed E-state index contributed by atoms with van der Waals surface area (Å²) in [5, 5.41) is 4.65. The van der Waals surface area contributed by atoms with Gasteiger partial charge in [0.05, 0.1) is 11.9 Å². The van der Waals surface area contributed by atoms with Crippen molar-refractivity contribution in [3.8, 4) is 0 Å². The highest BCUT2D eigenvalue weighted by Crippen LogP contribution is 2.31. The van der Waals surface area contributed by atoms with Crippen molar-refractivity contribution in [3.05, 3.63) is 82.7 Å². The molecule has 0 radical (unpaired) electrons. The van der Waals surface area contributed by atoms with E-state index in [4.69, 9.17) is 5.73 Å². The number of nitrogens with two attached hydrogens (primary N) is 1. The zero-order valence-corrected chi connectivity index (χ0v) is 22.5. The van der Waals surface area contributed by atoms with Gasteiger partial charge >= 0.3 is 0 Å². The molecule has 184 valence electrons. The lowest BCUT2D eigenvalue weighted by Gasteiger charge is -2.25. The number of allylic oxidation sites excluding steroid dienone is 4. The van der Waals surface area contributed by atoms with Crippen LogP contribution in [0.15, 0.2) is 54.8 Å². The van der Waals surface area contributed by atoms with E-state index in [0.717, 1.165) is 40.3 Å². The van der Waals surface area contributed by atoms with Crippen molar-refractivity contribution in [1.82, 2.24) is 9.78 Å². The lowest BCUT2D eigenvalue weighted by molar-refractivity contribution is 0.308. The second-order valence-corrected chi connectivity index (χ2v) is 9.85. The van der Waals surface area contributed by atoms with E-state index in [1.54, 1.807) is 0 Å². The molecule has 0 fully saturated rings. The lowest BCUT2D eigenvalue weighted by atomic mass is 9.81. The van der Waals surface area contributed by atoms with Gasteiger partial charge in [0.1, 0.15) is 5.82 Å². The van der Waals surface area contributed by atoms with Crippen LogP contribution in [0.5, 0.6) is 0 Å². The zero-order valence-electron chi connectivity index (χ0n) is 22.5. The van der Waals surface area contributed by atoms with E-state index in [2.05, 4.69) is 91.0 Å². The van der Waals surface area contributed by atoms with Crippen molar-refractivity contribution >= 4 is 17.5 Å². The van der Waals surface area contributed by atoms with E-state index in [1.807, 2.05) is 17.0 Å². The maximum Gasteiger partial charge on any atom is 0.128 e. The maximum absolute atomic E-state index is 6.63. The zero-order chi connectivity index (χ0) is 25.4. The van der Waals surface area contributed by atoms with Crippen LogP contribution in [0.1, 0.15) is 87.7 Å². The average Bonchev–Trinajstić information content (AvgIpc) is 3.19. The molecule has 1 aromatic carbocycles. The minimum absolute atomic E-state index is 0.595. The van der Waals surface area contributed by atoms with Gasteiger partial charge in [0.25, 0.3) is 0 Å². The Morgan fingerprint density at radius 3 is 2.38 bits per heavy atom. The highest BCUT2D eigenvalue weighted by molar-refractivity contribution is 5.88. The Morgan fingerprint density at radius 2 is 1.79 bits per heavy atom. The molecule has 3 heteroatoms. The van der Waals surface area contributed by atoms with Crippen molar-refractivity contribution in [2.45, 2.75) is 80.6 Å². The SMILES string of the molecule is C=C/C(=C\c1cc(C)ccc1C)c1cnn(/C(N)=C(/C)C(=C)CC(C)C(CCC)CCC)c1C. The molecule has 1 aromatic heterocycles. The van der Waals surface area contributed by atoms with E-state index >= 15 is 0 Å². The van der Waals surface area contributed by atoms with Gasteiger partial charge in [0, 0.05) is 5.56 Å². The number of hydrogen-bond acceptors (Lipinski definition) is 2. The Labute approximate surface area is 208 Å². The molecular weight excluding hydrogens is 414 g/mol. The second-order valence-electron chi connectivity index (χ2n) is 9.85. The van der Waals surface area contributed by atoms with Gasteiger partial charge in [-0.05, 0) is 79.9 Å². The Hall–Kier alpha value is -2.81. The van der Waals surface area contributed by atoms with Crippen molar-refractivity contribution in [3.63, 3.8) is 0 Å². The first-order valence-corrected chi connectivity index (χ1v) is 12.8. The van der Waals surface area contributed by atoms with Crippen LogP contribution in [0.4, 0.5) is 0 Å². The predicted molar refractivity (Wildman–Crippen MR) is 150 cm³/mol. The first-order chi connectivity index (χ1) is 16.1. The van der Waals surface area contributed by atoms with E-state index in [9.17, 15) is 0 Å². The van der Waals surface area contributed by atoms with E-state index in [0.29, 0.717) is 11.7 Å². The predicted octanol–water partition coefficient (Wildman–Crippen LogP) is 8.48. The molecule has 2 N–H and O–H groups in total. The molecule has 0 saturated carbocycles. The van der Waals surface area contributed by atoms with Crippen LogP contribution in [-0.2, 0) is 0 Å². The molecule has 0 aliphatic carbocycles. The number of rotatable bonds is 12. The van der Waals surface area contributed by atoms with Gasteiger partial charge in [-0.2, -0.15) is 5.10 Å². The fraction of sp³-hybridized carbons (Fsp3) is 0.452. The summed E-state index contributed by atoms with van der Waals surface area (Å²) < 4.78 is 1.84. The van der Waals surface area contributed by atoms with Gasteiger partial charge in [-0.25, -0.2) is 4.68 Å². The molecule has 3 nitrogen and oxygen atoms in total. The molecule has 0 aliphatic rings. The number of nitrogens with zero attached hydrogens (tertiary/aromatic N) is 2. The van der Waals surface area contributed by atoms with Gasteiger partial charge in [0.2, 0.25) is 0 Å². The molecule has 0 bridgehead atoms. The summed E-state index contributed by atoms with van der Waals surface area (Å²) in [6.45, 7) is 23.7. The fourth-order valence-corrected chi connectivity index (χ4v) is 4.77. The minimum atomic E-state index is 0.595. The van der Waals surface area contributed by atoms with Crippen LogP contribution in [0.2, 0.25) is 0 Å². The summed E-state index contributed by atoms with van der Waals surface area (Å²) >= 11 is 0. The molecule has 0 aliphatic heterocycles. The van der Waals surface area contributed by atoms with E-state index < -0.39 is 0 Å². The van der Waals surface area contributed by atoms with Crippen LogP contribution in [-0.4, -0.2) is 9.78 Å². The molecular formula is C31H45N3. The molecule has 1 heterocycles. The second kappa shape index (κ2) is 12.6. The van der Waals surface area contributed by atoms with Gasteiger partial charge in [0.15, 0.2) is 0 Å². The highest BCUT2D eigenvalue weighted by Gasteiger charge is 2.19. The summed E-state index contributed by atoms with van der Waals surface area (Å²) in [7, 11) is 0. The maximum atomic E-state index is 6.63. The van der Waals surface area contributed by atoms with Crippen LogP contribution >= 0.6 is 0 Å². The summed E-state index contributed by atoms with van der Waals surface area (Å²) in [5.74, 6) is 1.99. The Morgan fingerprint density at radius 1 is 1.15 bits per heavy atom. The summed E-state index contributed by atoms with van der Waals surface area (Å²) in [4.78, 5) is 0.